The average molecular weight is 375 g/mol. The second kappa shape index (κ2) is 9.10. The van der Waals surface area contributed by atoms with Crippen LogP contribution in [-0.2, 0) is 4.79 Å². The van der Waals surface area contributed by atoms with Crippen molar-refractivity contribution in [2.45, 2.75) is 39.8 Å². The summed E-state index contributed by atoms with van der Waals surface area (Å²) in [5.41, 5.74) is 0. The summed E-state index contributed by atoms with van der Waals surface area (Å²) in [6.45, 7) is 10.4. The lowest BCUT2D eigenvalue weighted by Crippen LogP contribution is -2.45. The second-order valence-corrected chi connectivity index (χ2v) is 6.00. The first-order chi connectivity index (χ1) is 10.4. The lowest BCUT2D eigenvalue weighted by atomic mass is 10.2. The number of ether oxygens (including phenoxy) is 1. The smallest absolute Gasteiger partial charge is 0.260 e. The van der Waals surface area contributed by atoms with Crippen molar-refractivity contribution in [3.05, 3.63) is 28.5 Å². The molecule has 0 aliphatic heterocycles. The second-order valence-electron chi connectivity index (χ2n) is 5.15. The van der Waals surface area contributed by atoms with Crippen LogP contribution in [0.2, 0.25) is 0 Å². The molecule has 1 N–H and O–H groups in total. The van der Waals surface area contributed by atoms with Gasteiger partial charge in [0.05, 0.1) is 4.47 Å². The fraction of sp³-hybridized carbons (Fsp3) is 0.562. The van der Waals surface area contributed by atoms with Gasteiger partial charge in [-0.05, 0) is 61.1 Å². The van der Waals surface area contributed by atoms with Gasteiger partial charge in [-0.25, -0.2) is 4.39 Å². The number of hydrogen-bond acceptors (Lipinski definition) is 3. The molecule has 0 aliphatic carbocycles. The van der Waals surface area contributed by atoms with E-state index in [-0.39, 0.29) is 17.8 Å². The Kier molecular flexibility index (Phi) is 7.82. The van der Waals surface area contributed by atoms with Gasteiger partial charge in [-0.15, -0.1) is 0 Å². The van der Waals surface area contributed by atoms with Crippen molar-refractivity contribution in [2.75, 3.05) is 19.6 Å². The molecule has 1 aromatic carbocycles. The first-order valence-electron chi connectivity index (χ1n) is 7.52. The zero-order valence-electron chi connectivity index (χ0n) is 13.5. The topological polar surface area (TPSA) is 41.6 Å². The molecule has 6 heteroatoms. The number of amides is 1. The van der Waals surface area contributed by atoms with Crippen molar-refractivity contribution in [1.82, 2.24) is 10.2 Å². The number of carbonyl (C=O) groups is 1. The Balaban J connectivity index is 2.51. The number of halogens is 2. The minimum atomic E-state index is -0.648. The van der Waals surface area contributed by atoms with Crippen LogP contribution in [0.15, 0.2) is 22.7 Å². The average Bonchev–Trinajstić information content (AvgIpc) is 2.48. The van der Waals surface area contributed by atoms with Crippen LogP contribution in [0, 0.1) is 5.82 Å². The van der Waals surface area contributed by atoms with Crippen LogP contribution >= 0.6 is 15.9 Å². The number of rotatable bonds is 8. The molecule has 1 rings (SSSR count). The van der Waals surface area contributed by atoms with E-state index in [1.165, 1.54) is 18.2 Å². The predicted octanol–water partition coefficient (Wildman–Crippen LogP) is 3.20. The van der Waals surface area contributed by atoms with E-state index in [1.807, 2.05) is 0 Å². The molecule has 2 atom stereocenters. The zero-order valence-corrected chi connectivity index (χ0v) is 15.1. The van der Waals surface area contributed by atoms with Crippen LogP contribution in [0.3, 0.4) is 0 Å². The van der Waals surface area contributed by atoms with Crippen LogP contribution in [-0.4, -0.2) is 42.6 Å². The molecule has 0 heterocycles. The fourth-order valence-corrected chi connectivity index (χ4v) is 2.63. The maximum Gasteiger partial charge on any atom is 0.260 e. The standard InChI is InChI=1S/C16H24BrFN2O2/c1-5-20(6-2)11(3)10-19-16(21)12(4)22-15-8-7-13(18)9-14(15)17/h7-9,11-12H,5-6,10H2,1-4H3,(H,19,21)/t11-,12-/m1/s1. The maximum absolute atomic E-state index is 13.0. The van der Waals surface area contributed by atoms with Gasteiger partial charge < -0.3 is 10.1 Å². The summed E-state index contributed by atoms with van der Waals surface area (Å²) >= 11 is 3.22. The number of benzene rings is 1. The highest BCUT2D eigenvalue weighted by molar-refractivity contribution is 9.10. The van der Waals surface area contributed by atoms with Gasteiger partial charge in [0.15, 0.2) is 6.10 Å². The van der Waals surface area contributed by atoms with Crippen LogP contribution in [0.1, 0.15) is 27.7 Å². The van der Waals surface area contributed by atoms with E-state index < -0.39 is 6.10 Å². The van der Waals surface area contributed by atoms with Crippen molar-refractivity contribution in [3.8, 4) is 5.75 Å². The summed E-state index contributed by atoms with van der Waals surface area (Å²) in [5, 5.41) is 2.89. The largest absolute Gasteiger partial charge is 0.480 e. The molecule has 124 valence electrons. The van der Waals surface area contributed by atoms with Gasteiger partial charge in [-0.3, -0.25) is 9.69 Å². The Labute approximate surface area is 140 Å². The van der Waals surface area contributed by atoms with Crippen molar-refractivity contribution in [1.29, 1.82) is 0 Å². The molecular formula is C16H24BrFN2O2. The molecule has 0 bridgehead atoms. The van der Waals surface area contributed by atoms with Gasteiger partial charge in [0.25, 0.3) is 5.91 Å². The quantitative estimate of drug-likeness (QED) is 0.759. The third-order valence-corrected chi connectivity index (χ3v) is 4.19. The number of nitrogens with zero attached hydrogens (tertiary/aromatic N) is 1. The molecule has 4 nitrogen and oxygen atoms in total. The highest BCUT2D eigenvalue weighted by Crippen LogP contribution is 2.26. The van der Waals surface area contributed by atoms with E-state index in [0.717, 1.165) is 13.1 Å². The summed E-state index contributed by atoms with van der Waals surface area (Å²) in [6, 6.07) is 4.38. The summed E-state index contributed by atoms with van der Waals surface area (Å²) in [6.07, 6.45) is -0.648. The normalized spacial score (nSPS) is 13.8. The molecule has 0 fully saturated rings. The van der Waals surface area contributed by atoms with Crippen molar-refractivity contribution < 1.29 is 13.9 Å². The number of hydrogen-bond donors (Lipinski definition) is 1. The Bertz CT molecular complexity index is 495. The summed E-state index contributed by atoms with van der Waals surface area (Å²) in [5.74, 6) is -0.0968. The summed E-state index contributed by atoms with van der Waals surface area (Å²) in [4.78, 5) is 14.4. The first-order valence-corrected chi connectivity index (χ1v) is 8.31. The molecular weight excluding hydrogens is 351 g/mol. The molecule has 1 aromatic rings. The van der Waals surface area contributed by atoms with E-state index in [1.54, 1.807) is 6.92 Å². The molecule has 0 spiro atoms. The monoisotopic (exact) mass is 374 g/mol. The van der Waals surface area contributed by atoms with E-state index >= 15 is 0 Å². The van der Waals surface area contributed by atoms with E-state index in [2.05, 4.69) is 46.9 Å². The molecule has 0 aromatic heterocycles. The molecule has 0 aliphatic rings. The Morgan fingerprint density at radius 3 is 2.55 bits per heavy atom. The Morgan fingerprint density at radius 2 is 2.00 bits per heavy atom. The maximum atomic E-state index is 13.0. The number of carbonyl (C=O) groups excluding carboxylic acids is 1. The minimum absolute atomic E-state index is 0.185. The van der Waals surface area contributed by atoms with Gasteiger partial charge in [0, 0.05) is 12.6 Å². The fourth-order valence-electron chi connectivity index (χ4n) is 2.18. The molecule has 0 saturated heterocycles. The predicted molar refractivity (Wildman–Crippen MR) is 89.6 cm³/mol. The molecule has 22 heavy (non-hydrogen) atoms. The SMILES string of the molecule is CCN(CC)[C@H](C)CNC(=O)[C@@H](C)Oc1ccc(F)cc1Br. The third kappa shape index (κ3) is 5.57. The molecule has 0 saturated carbocycles. The molecule has 0 radical (unpaired) electrons. The lowest BCUT2D eigenvalue weighted by Gasteiger charge is -2.27. The van der Waals surface area contributed by atoms with Crippen LogP contribution < -0.4 is 10.1 Å². The van der Waals surface area contributed by atoms with E-state index in [0.29, 0.717) is 16.8 Å². The van der Waals surface area contributed by atoms with Crippen molar-refractivity contribution in [3.63, 3.8) is 0 Å². The van der Waals surface area contributed by atoms with E-state index in [4.69, 9.17) is 4.74 Å². The van der Waals surface area contributed by atoms with Gasteiger partial charge in [-0.1, -0.05) is 13.8 Å². The van der Waals surface area contributed by atoms with Crippen LogP contribution in [0.5, 0.6) is 5.75 Å². The molecule has 1 amide bonds. The van der Waals surface area contributed by atoms with Crippen LogP contribution in [0.4, 0.5) is 4.39 Å². The summed E-state index contributed by atoms with van der Waals surface area (Å²) in [7, 11) is 0. The Hall–Kier alpha value is -1.14. The minimum Gasteiger partial charge on any atom is -0.480 e. The van der Waals surface area contributed by atoms with Crippen LogP contribution in [0.25, 0.3) is 0 Å². The third-order valence-electron chi connectivity index (χ3n) is 3.57. The zero-order chi connectivity index (χ0) is 16.7. The number of nitrogens with one attached hydrogen (secondary N) is 1. The highest BCUT2D eigenvalue weighted by atomic mass is 79.9. The first kappa shape index (κ1) is 18.9. The lowest BCUT2D eigenvalue weighted by molar-refractivity contribution is -0.127. The van der Waals surface area contributed by atoms with Crippen molar-refractivity contribution >= 4 is 21.8 Å². The molecule has 0 unspecified atom stereocenters. The van der Waals surface area contributed by atoms with Gasteiger partial charge >= 0.3 is 0 Å². The van der Waals surface area contributed by atoms with E-state index in [9.17, 15) is 9.18 Å². The summed E-state index contributed by atoms with van der Waals surface area (Å²) < 4.78 is 19.1. The van der Waals surface area contributed by atoms with Gasteiger partial charge in [0.1, 0.15) is 11.6 Å². The van der Waals surface area contributed by atoms with Crippen molar-refractivity contribution in [2.24, 2.45) is 0 Å². The van der Waals surface area contributed by atoms with Gasteiger partial charge in [-0.2, -0.15) is 0 Å². The Morgan fingerprint density at radius 1 is 1.36 bits per heavy atom. The highest BCUT2D eigenvalue weighted by Gasteiger charge is 2.18. The number of likely N-dealkylation sites (N-methyl/N-ethyl adjacent to an activating group) is 1. The van der Waals surface area contributed by atoms with Gasteiger partial charge in [0.2, 0.25) is 0 Å².